The maximum Gasteiger partial charge on any atom is 0.220 e. The normalized spacial score (nSPS) is 24.0. The topological polar surface area (TPSA) is 41.1 Å². The van der Waals surface area contributed by atoms with E-state index in [9.17, 15) is 4.79 Å². The van der Waals surface area contributed by atoms with Crippen molar-refractivity contribution in [2.24, 2.45) is 5.92 Å². The van der Waals surface area contributed by atoms with Crippen molar-refractivity contribution < 1.29 is 4.79 Å². The monoisotopic (exact) mass is 308 g/mol. The van der Waals surface area contributed by atoms with Crippen molar-refractivity contribution in [1.29, 1.82) is 0 Å². The first-order valence-electron chi connectivity index (χ1n) is 7.88. The molecule has 1 amide bonds. The number of aryl methyl sites for hydroxylation is 1. The summed E-state index contributed by atoms with van der Waals surface area (Å²) in [5.41, 5.74) is 2.86. The van der Waals surface area contributed by atoms with Gasteiger partial charge in [0.05, 0.1) is 0 Å². The molecule has 21 heavy (non-hydrogen) atoms. The number of halogens is 1. The average molecular weight is 309 g/mol. The quantitative estimate of drug-likeness (QED) is 0.897. The summed E-state index contributed by atoms with van der Waals surface area (Å²) in [6.07, 6.45) is 6.10. The van der Waals surface area contributed by atoms with Gasteiger partial charge in [-0.3, -0.25) is 4.79 Å². The maximum absolute atomic E-state index is 12.0. The van der Waals surface area contributed by atoms with Crippen LogP contribution in [0.5, 0.6) is 0 Å². The van der Waals surface area contributed by atoms with Gasteiger partial charge >= 0.3 is 0 Å². The lowest BCUT2D eigenvalue weighted by molar-refractivity contribution is -0.122. The SMILES string of the molecule is Cl.O=C(CCC1CCNC1)NC1CCc2ccccc2C1. The predicted octanol–water partition coefficient (Wildman–Crippen LogP) is 2.47. The lowest BCUT2D eigenvalue weighted by Crippen LogP contribution is -2.38. The zero-order valence-electron chi connectivity index (χ0n) is 12.4. The third kappa shape index (κ3) is 4.45. The largest absolute Gasteiger partial charge is 0.353 e. The zero-order chi connectivity index (χ0) is 13.8. The van der Waals surface area contributed by atoms with Gasteiger partial charge in [0.15, 0.2) is 0 Å². The van der Waals surface area contributed by atoms with Crippen LogP contribution in [0, 0.1) is 5.92 Å². The zero-order valence-corrected chi connectivity index (χ0v) is 13.3. The van der Waals surface area contributed by atoms with Crippen LogP contribution in [0.25, 0.3) is 0 Å². The Morgan fingerprint density at radius 1 is 1.24 bits per heavy atom. The molecule has 2 aliphatic rings. The molecule has 116 valence electrons. The van der Waals surface area contributed by atoms with Gasteiger partial charge in [-0.2, -0.15) is 0 Å². The van der Waals surface area contributed by atoms with Crippen molar-refractivity contribution in [3.05, 3.63) is 35.4 Å². The van der Waals surface area contributed by atoms with Crippen LogP contribution in [0.1, 0.15) is 36.8 Å². The Kier molecular flexibility index (Phi) is 6.07. The number of fused-ring (bicyclic) bond motifs is 1. The van der Waals surface area contributed by atoms with Crippen LogP contribution in [-0.2, 0) is 17.6 Å². The molecule has 1 aliphatic heterocycles. The summed E-state index contributed by atoms with van der Waals surface area (Å²) in [5, 5.41) is 6.58. The standard InChI is InChI=1S/C17H24N2O.ClH/c20-17(8-5-13-9-10-18-12-13)19-16-7-6-14-3-1-2-4-15(14)11-16;/h1-4,13,16,18H,5-12H2,(H,19,20);1H. The molecule has 0 bridgehead atoms. The molecule has 3 rings (SSSR count). The van der Waals surface area contributed by atoms with Crippen LogP contribution in [0.3, 0.4) is 0 Å². The van der Waals surface area contributed by atoms with Crippen molar-refractivity contribution in [2.45, 2.75) is 44.6 Å². The van der Waals surface area contributed by atoms with Gasteiger partial charge < -0.3 is 10.6 Å². The summed E-state index contributed by atoms with van der Waals surface area (Å²) in [6, 6.07) is 8.93. The van der Waals surface area contributed by atoms with Crippen molar-refractivity contribution in [3.63, 3.8) is 0 Å². The van der Waals surface area contributed by atoms with Crippen LogP contribution in [0.2, 0.25) is 0 Å². The molecule has 2 N–H and O–H groups in total. The summed E-state index contributed by atoms with van der Waals surface area (Å²) >= 11 is 0. The minimum atomic E-state index is 0. The van der Waals surface area contributed by atoms with E-state index in [1.807, 2.05) is 0 Å². The molecular formula is C17H25ClN2O. The van der Waals surface area contributed by atoms with Crippen molar-refractivity contribution in [2.75, 3.05) is 13.1 Å². The summed E-state index contributed by atoms with van der Waals surface area (Å²) in [6.45, 7) is 2.20. The first-order valence-corrected chi connectivity index (χ1v) is 7.88. The highest BCUT2D eigenvalue weighted by Crippen LogP contribution is 2.21. The maximum atomic E-state index is 12.0. The van der Waals surface area contributed by atoms with E-state index in [0.29, 0.717) is 18.4 Å². The van der Waals surface area contributed by atoms with E-state index in [1.165, 1.54) is 17.5 Å². The molecule has 3 nitrogen and oxygen atoms in total. The second-order valence-corrected chi connectivity index (χ2v) is 6.17. The van der Waals surface area contributed by atoms with Gasteiger partial charge in [0, 0.05) is 12.5 Å². The molecule has 1 aromatic rings. The Morgan fingerprint density at radius 3 is 2.81 bits per heavy atom. The molecule has 0 radical (unpaired) electrons. The second-order valence-electron chi connectivity index (χ2n) is 6.17. The van der Waals surface area contributed by atoms with Gasteiger partial charge in [0.1, 0.15) is 0 Å². The molecule has 0 aromatic heterocycles. The third-order valence-corrected chi connectivity index (χ3v) is 4.65. The first-order chi connectivity index (χ1) is 9.81. The molecule has 0 spiro atoms. The lowest BCUT2D eigenvalue weighted by atomic mass is 9.88. The Balaban J connectivity index is 0.00000161. The fourth-order valence-corrected chi connectivity index (χ4v) is 3.42. The molecular weight excluding hydrogens is 284 g/mol. The summed E-state index contributed by atoms with van der Waals surface area (Å²) in [5.74, 6) is 0.939. The van der Waals surface area contributed by atoms with Gasteiger partial charge in [-0.25, -0.2) is 0 Å². The highest BCUT2D eigenvalue weighted by Gasteiger charge is 2.21. The van der Waals surface area contributed by atoms with Gasteiger partial charge in [0.2, 0.25) is 5.91 Å². The third-order valence-electron chi connectivity index (χ3n) is 4.65. The molecule has 1 aliphatic carbocycles. The average Bonchev–Trinajstić information content (AvgIpc) is 2.98. The van der Waals surface area contributed by atoms with Crippen LogP contribution in [0.15, 0.2) is 24.3 Å². The number of amides is 1. The smallest absolute Gasteiger partial charge is 0.220 e. The lowest BCUT2D eigenvalue weighted by Gasteiger charge is -2.25. The number of carbonyl (C=O) groups is 1. The van der Waals surface area contributed by atoms with E-state index >= 15 is 0 Å². The highest BCUT2D eigenvalue weighted by molar-refractivity contribution is 5.85. The fourth-order valence-electron chi connectivity index (χ4n) is 3.42. The van der Waals surface area contributed by atoms with Crippen molar-refractivity contribution in [3.8, 4) is 0 Å². The number of rotatable bonds is 4. The number of nitrogens with one attached hydrogen (secondary N) is 2. The summed E-state index contributed by atoms with van der Waals surface area (Å²) in [4.78, 5) is 12.0. The Morgan fingerprint density at radius 2 is 2.05 bits per heavy atom. The number of hydrogen-bond acceptors (Lipinski definition) is 2. The number of carbonyl (C=O) groups excluding carboxylic acids is 1. The molecule has 1 aromatic carbocycles. The Bertz CT molecular complexity index is 472. The minimum Gasteiger partial charge on any atom is -0.353 e. The molecule has 0 saturated carbocycles. The molecule has 2 atom stereocenters. The van der Waals surface area contributed by atoms with E-state index in [4.69, 9.17) is 0 Å². The van der Waals surface area contributed by atoms with E-state index in [-0.39, 0.29) is 18.3 Å². The molecule has 1 saturated heterocycles. The van der Waals surface area contributed by atoms with Crippen LogP contribution in [-0.4, -0.2) is 25.0 Å². The molecule has 4 heteroatoms. The molecule has 2 unspecified atom stereocenters. The first kappa shape index (κ1) is 16.3. The van der Waals surface area contributed by atoms with Crippen LogP contribution >= 0.6 is 12.4 Å². The summed E-state index contributed by atoms with van der Waals surface area (Å²) in [7, 11) is 0. The number of hydrogen-bond donors (Lipinski definition) is 2. The van der Waals surface area contributed by atoms with Crippen molar-refractivity contribution >= 4 is 18.3 Å². The molecule has 1 fully saturated rings. The van der Waals surface area contributed by atoms with Gasteiger partial charge in [0.25, 0.3) is 0 Å². The van der Waals surface area contributed by atoms with Crippen LogP contribution in [0.4, 0.5) is 0 Å². The fraction of sp³-hybridized carbons (Fsp3) is 0.588. The van der Waals surface area contributed by atoms with Crippen LogP contribution < -0.4 is 10.6 Å². The van der Waals surface area contributed by atoms with Gasteiger partial charge in [-0.1, -0.05) is 24.3 Å². The number of benzene rings is 1. The Hall–Kier alpha value is -1.06. The van der Waals surface area contributed by atoms with Crippen molar-refractivity contribution in [1.82, 2.24) is 10.6 Å². The van der Waals surface area contributed by atoms with E-state index in [2.05, 4.69) is 34.9 Å². The minimum absolute atomic E-state index is 0. The predicted molar refractivity (Wildman–Crippen MR) is 87.9 cm³/mol. The van der Waals surface area contributed by atoms with E-state index in [1.54, 1.807) is 0 Å². The molecule has 1 heterocycles. The van der Waals surface area contributed by atoms with Gasteiger partial charge in [-0.15, -0.1) is 12.4 Å². The van der Waals surface area contributed by atoms with E-state index in [0.717, 1.165) is 38.8 Å². The summed E-state index contributed by atoms with van der Waals surface area (Å²) < 4.78 is 0. The highest BCUT2D eigenvalue weighted by atomic mass is 35.5. The van der Waals surface area contributed by atoms with Gasteiger partial charge in [-0.05, 0) is 62.2 Å². The van der Waals surface area contributed by atoms with E-state index < -0.39 is 0 Å². The Labute approximate surface area is 133 Å². The second kappa shape index (κ2) is 7.81.